The monoisotopic (exact) mass is 265 g/mol. The second-order valence-corrected chi connectivity index (χ2v) is 4.94. The van der Waals surface area contributed by atoms with Crippen molar-refractivity contribution < 1.29 is 14.6 Å². The zero-order chi connectivity index (χ0) is 14.4. The van der Waals surface area contributed by atoms with E-state index in [2.05, 4.69) is 25.2 Å². The average Bonchev–Trinajstić information content (AvgIpc) is 2.35. The first kappa shape index (κ1) is 15.5. The van der Waals surface area contributed by atoms with Gasteiger partial charge in [-0.3, -0.25) is 4.79 Å². The summed E-state index contributed by atoms with van der Waals surface area (Å²) in [4.78, 5) is 11.0. The molecule has 0 saturated heterocycles. The lowest BCUT2D eigenvalue weighted by molar-refractivity contribution is -0.140. The second kappa shape index (κ2) is 7.14. The number of carbonyl (C=O) groups is 1. The summed E-state index contributed by atoms with van der Waals surface area (Å²) in [7, 11) is 0. The number of likely N-dealkylation sites (N-methyl/N-ethyl adjacent to an activating group) is 1. The predicted molar refractivity (Wildman–Crippen MR) is 75.9 cm³/mol. The first-order valence-electron chi connectivity index (χ1n) is 6.65. The summed E-state index contributed by atoms with van der Waals surface area (Å²) in [6.07, 6.45) is 0. The van der Waals surface area contributed by atoms with E-state index < -0.39 is 12.0 Å². The second-order valence-electron chi connectivity index (χ2n) is 4.94. The Morgan fingerprint density at radius 2 is 2.11 bits per heavy atom. The Kier molecular flexibility index (Phi) is 5.83. The number of rotatable bonds is 7. The fourth-order valence-electron chi connectivity index (χ4n) is 1.77. The molecular formula is C15H23NO3. The maximum atomic E-state index is 11.0. The highest BCUT2D eigenvalue weighted by molar-refractivity contribution is 5.73. The topological polar surface area (TPSA) is 58.6 Å². The van der Waals surface area contributed by atoms with Gasteiger partial charge in [-0.05, 0) is 36.6 Å². The van der Waals surface area contributed by atoms with Crippen molar-refractivity contribution in [2.75, 3.05) is 13.2 Å². The van der Waals surface area contributed by atoms with Crippen LogP contribution in [-0.4, -0.2) is 30.3 Å². The quantitative estimate of drug-likeness (QED) is 0.795. The van der Waals surface area contributed by atoms with Crippen LogP contribution in [-0.2, 0) is 4.79 Å². The molecule has 0 heterocycles. The van der Waals surface area contributed by atoms with Crippen LogP contribution in [0.5, 0.6) is 5.75 Å². The normalized spacial score (nSPS) is 12.5. The van der Waals surface area contributed by atoms with Crippen LogP contribution in [0.15, 0.2) is 18.2 Å². The van der Waals surface area contributed by atoms with E-state index in [0.717, 1.165) is 11.3 Å². The van der Waals surface area contributed by atoms with Gasteiger partial charge >= 0.3 is 5.97 Å². The summed E-state index contributed by atoms with van der Waals surface area (Å²) >= 11 is 0. The summed E-state index contributed by atoms with van der Waals surface area (Å²) in [5.41, 5.74) is 2.21. The molecule has 106 valence electrons. The molecule has 0 fully saturated rings. The number of hydrogen-bond donors (Lipinski definition) is 2. The fraction of sp³-hybridized carbons (Fsp3) is 0.533. The molecule has 0 spiro atoms. The lowest BCUT2D eigenvalue weighted by Crippen LogP contribution is -2.41. The van der Waals surface area contributed by atoms with Crippen molar-refractivity contribution in [2.45, 2.75) is 39.7 Å². The van der Waals surface area contributed by atoms with Crippen LogP contribution in [0.3, 0.4) is 0 Å². The number of aliphatic carboxylic acids is 1. The molecule has 1 rings (SSSR count). The predicted octanol–water partition coefficient (Wildman–Crippen LogP) is 2.56. The molecule has 0 radical (unpaired) electrons. The molecule has 1 unspecified atom stereocenters. The van der Waals surface area contributed by atoms with Crippen molar-refractivity contribution in [1.29, 1.82) is 0 Å². The molecule has 2 N–H and O–H groups in total. The van der Waals surface area contributed by atoms with Crippen LogP contribution >= 0.6 is 0 Å². The van der Waals surface area contributed by atoms with Crippen LogP contribution in [0.1, 0.15) is 37.8 Å². The van der Waals surface area contributed by atoms with E-state index in [4.69, 9.17) is 9.84 Å². The van der Waals surface area contributed by atoms with Gasteiger partial charge in [-0.15, -0.1) is 0 Å². The third kappa shape index (κ3) is 4.56. The highest BCUT2D eigenvalue weighted by Gasteiger charge is 2.17. The van der Waals surface area contributed by atoms with Gasteiger partial charge < -0.3 is 15.2 Å². The van der Waals surface area contributed by atoms with E-state index in [0.29, 0.717) is 12.5 Å². The van der Waals surface area contributed by atoms with Crippen molar-refractivity contribution >= 4 is 5.97 Å². The van der Waals surface area contributed by atoms with Gasteiger partial charge in [0.2, 0.25) is 0 Å². The van der Waals surface area contributed by atoms with Crippen LogP contribution in [0.4, 0.5) is 0 Å². The number of ether oxygens (including phenoxy) is 1. The number of benzene rings is 1. The van der Waals surface area contributed by atoms with E-state index in [9.17, 15) is 4.79 Å². The molecule has 0 aromatic heterocycles. The molecule has 1 atom stereocenters. The van der Waals surface area contributed by atoms with E-state index in [1.165, 1.54) is 5.56 Å². The van der Waals surface area contributed by atoms with Gasteiger partial charge in [-0.1, -0.05) is 32.9 Å². The SMILES string of the molecule is CCNC(COc1cc(C(C)C)ccc1C)C(=O)O. The van der Waals surface area contributed by atoms with Gasteiger partial charge in [-0.2, -0.15) is 0 Å². The number of carboxylic acids is 1. The van der Waals surface area contributed by atoms with Gasteiger partial charge in [0.05, 0.1) is 0 Å². The Hall–Kier alpha value is -1.55. The number of hydrogen-bond acceptors (Lipinski definition) is 3. The van der Waals surface area contributed by atoms with Crippen molar-refractivity contribution in [3.8, 4) is 5.75 Å². The molecule has 4 nitrogen and oxygen atoms in total. The molecule has 19 heavy (non-hydrogen) atoms. The number of nitrogens with one attached hydrogen (secondary N) is 1. The lowest BCUT2D eigenvalue weighted by atomic mass is 10.0. The van der Waals surface area contributed by atoms with Gasteiger partial charge in [-0.25, -0.2) is 0 Å². The Labute approximate surface area is 114 Å². The van der Waals surface area contributed by atoms with Crippen molar-refractivity contribution in [1.82, 2.24) is 5.32 Å². The zero-order valence-electron chi connectivity index (χ0n) is 12.1. The molecule has 0 aliphatic carbocycles. The minimum Gasteiger partial charge on any atom is -0.491 e. The Balaban J connectivity index is 2.75. The van der Waals surface area contributed by atoms with Crippen LogP contribution < -0.4 is 10.1 Å². The van der Waals surface area contributed by atoms with E-state index in [1.807, 2.05) is 26.0 Å². The minimum absolute atomic E-state index is 0.131. The molecule has 0 aliphatic heterocycles. The summed E-state index contributed by atoms with van der Waals surface area (Å²) in [6, 6.07) is 5.40. The third-order valence-corrected chi connectivity index (χ3v) is 3.03. The molecule has 0 aliphatic rings. The highest BCUT2D eigenvalue weighted by Crippen LogP contribution is 2.24. The molecule has 1 aromatic carbocycles. The number of carboxylic acid groups (broad SMARTS) is 1. The highest BCUT2D eigenvalue weighted by atomic mass is 16.5. The van der Waals surface area contributed by atoms with Crippen molar-refractivity contribution in [3.63, 3.8) is 0 Å². The summed E-state index contributed by atoms with van der Waals surface area (Å²) in [6.45, 7) is 8.81. The third-order valence-electron chi connectivity index (χ3n) is 3.03. The van der Waals surface area contributed by atoms with Crippen LogP contribution in [0, 0.1) is 6.92 Å². The molecule has 0 amide bonds. The van der Waals surface area contributed by atoms with E-state index in [1.54, 1.807) is 0 Å². The standard InChI is InChI=1S/C15H23NO3/c1-5-16-13(15(17)18)9-19-14-8-12(10(2)3)7-6-11(14)4/h6-8,10,13,16H,5,9H2,1-4H3,(H,17,18). The van der Waals surface area contributed by atoms with Crippen molar-refractivity contribution in [2.24, 2.45) is 0 Å². The lowest BCUT2D eigenvalue weighted by Gasteiger charge is -2.17. The van der Waals surface area contributed by atoms with Crippen LogP contribution in [0.25, 0.3) is 0 Å². The molecule has 1 aromatic rings. The van der Waals surface area contributed by atoms with E-state index >= 15 is 0 Å². The molecule has 0 bridgehead atoms. The Morgan fingerprint density at radius 3 is 2.63 bits per heavy atom. The summed E-state index contributed by atoms with van der Waals surface area (Å²) in [5.74, 6) is 0.293. The average molecular weight is 265 g/mol. The fourth-order valence-corrected chi connectivity index (χ4v) is 1.77. The van der Waals surface area contributed by atoms with Gasteiger partial charge in [0.15, 0.2) is 0 Å². The van der Waals surface area contributed by atoms with Crippen LogP contribution in [0.2, 0.25) is 0 Å². The smallest absolute Gasteiger partial charge is 0.324 e. The largest absolute Gasteiger partial charge is 0.491 e. The summed E-state index contributed by atoms with van der Waals surface area (Å²) in [5, 5.41) is 11.9. The first-order chi connectivity index (χ1) is 8.95. The molecule has 4 heteroatoms. The zero-order valence-corrected chi connectivity index (χ0v) is 12.1. The number of aryl methyl sites for hydroxylation is 1. The first-order valence-corrected chi connectivity index (χ1v) is 6.65. The molecule has 0 saturated carbocycles. The van der Waals surface area contributed by atoms with E-state index in [-0.39, 0.29) is 6.61 Å². The van der Waals surface area contributed by atoms with Crippen molar-refractivity contribution in [3.05, 3.63) is 29.3 Å². The van der Waals surface area contributed by atoms with Gasteiger partial charge in [0, 0.05) is 0 Å². The molecular weight excluding hydrogens is 242 g/mol. The maximum Gasteiger partial charge on any atom is 0.324 e. The minimum atomic E-state index is -0.889. The van der Waals surface area contributed by atoms with Gasteiger partial charge in [0.25, 0.3) is 0 Å². The maximum absolute atomic E-state index is 11.0. The summed E-state index contributed by atoms with van der Waals surface area (Å²) < 4.78 is 5.66. The Bertz CT molecular complexity index is 429. The Morgan fingerprint density at radius 1 is 1.42 bits per heavy atom. The van der Waals surface area contributed by atoms with Gasteiger partial charge in [0.1, 0.15) is 18.4 Å².